The van der Waals surface area contributed by atoms with Crippen molar-refractivity contribution in [3.8, 4) is 11.5 Å². The highest BCUT2D eigenvalue weighted by atomic mass is 16.6. The zero-order valence-corrected chi connectivity index (χ0v) is 15.4. The molecule has 0 aromatic heterocycles. The number of aromatic hydroxyl groups is 2. The fourth-order valence-electron chi connectivity index (χ4n) is 2.64. The van der Waals surface area contributed by atoms with Crippen molar-refractivity contribution >= 4 is 11.7 Å². The van der Waals surface area contributed by atoms with Crippen LogP contribution in [-0.2, 0) is 16.0 Å². The van der Waals surface area contributed by atoms with Crippen LogP contribution in [0.1, 0.15) is 42.1 Å². The molecule has 144 valence electrons. The molecule has 0 bridgehead atoms. The van der Waals surface area contributed by atoms with Crippen LogP contribution in [0.3, 0.4) is 0 Å². The molecule has 2 rings (SSSR count). The van der Waals surface area contributed by atoms with E-state index < -0.39 is 5.97 Å². The number of hydrogen-bond donors (Lipinski definition) is 2. The van der Waals surface area contributed by atoms with Gasteiger partial charge in [-0.3, -0.25) is 0 Å². The molecule has 1 heterocycles. The van der Waals surface area contributed by atoms with Crippen LogP contribution >= 0.6 is 0 Å². The Morgan fingerprint density at radius 3 is 2.85 bits per heavy atom. The largest absolute Gasteiger partial charge is 0.508 e. The number of ether oxygens (including phenoxy) is 1. The molecule has 0 amide bonds. The molecule has 27 heavy (non-hydrogen) atoms. The highest BCUT2D eigenvalue weighted by molar-refractivity contribution is 6.00. The highest BCUT2D eigenvalue weighted by Gasteiger charge is 2.22. The Balaban J connectivity index is 2.44. The average molecular weight is 371 g/mol. The molecule has 1 aromatic rings. The van der Waals surface area contributed by atoms with Crippen molar-refractivity contribution in [3.05, 3.63) is 60.2 Å². The van der Waals surface area contributed by atoms with Crippen LogP contribution < -0.4 is 0 Å². The van der Waals surface area contributed by atoms with Gasteiger partial charge in [-0.1, -0.05) is 36.0 Å². The van der Waals surface area contributed by atoms with Crippen molar-refractivity contribution in [3.63, 3.8) is 0 Å². The van der Waals surface area contributed by atoms with Gasteiger partial charge in [-0.25, -0.2) is 4.79 Å². The van der Waals surface area contributed by atoms with E-state index in [0.717, 1.165) is 18.9 Å². The number of nitrogens with zero attached hydrogens (tertiary/aromatic N) is 1. The van der Waals surface area contributed by atoms with Crippen LogP contribution in [0.15, 0.2) is 54.2 Å². The zero-order chi connectivity index (χ0) is 19.6. The summed E-state index contributed by atoms with van der Waals surface area (Å²) in [6.07, 6.45) is 11.5. The number of carbonyl (C=O) groups is 1. The first kappa shape index (κ1) is 20.3. The number of benzene rings is 1. The molecule has 1 atom stereocenters. The Labute approximate surface area is 159 Å². The number of carbonyl (C=O) groups excluding carboxylic acids is 1. The van der Waals surface area contributed by atoms with Crippen LogP contribution in [-0.4, -0.2) is 34.6 Å². The summed E-state index contributed by atoms with van der Waals surface area (Å²) < 4.78 is 5.44. The van der Waals surface area contributed by atoms with Gasteiger partial charge in [-0.2, -0.15) is 0 Å². The molecule has 0 saturated carbocycles. The van der Waals surface area contributed by atoms with Crippen LogP contribution in [0, 0.1) is 0 Å². The van der Waals surface area contributed by atoms with Crippen molar-refractivity contribution in [1.29, 1.82) is 0 Å². The quantitative estimate of drug-likeness (QED) is 0.362. The summed E-state index contributed by atoms with van der Waals surface area (Å²) in [7, 11) is 0. The third kappa shape index (κ3) is 6.33. The minimum absolute atomic E-state index is 0.0190. The number of allylic oxidation sites excluding steroid dienone is 3. The standard InChI is InChI=1S/C21H25NO5/c1-3-11-26-22-17-10-8-6-4-5-7-9-15(2)27-21(25)20-16(12-17)13-18(23)14-19(20)24/h3,5,7-8,10,13-15,23-24H,1,4,6,9,11-12H2,2H3/b7-5+,10-8+,22-17?. The van der Waals surface area contributed by atoms with E-state index in [9.17, 15) is 15.0 Å². The number of esters is 1. The lowest BCUT2D eigenvalue weighted by atomic mass is 9.99. The lowest BCUT2D eigenvalue weighted by Crippen LogP contribution is -2.17. The summed E-state index contributed by atoms with van der Waals surface area (Å²) in [6.45, 7) is 5.62. The molecular formula is C21H25NO5. The smallest absolute Gasteiger partial charge is 0.342 e. The molecule has 1 aliphatic rings. The number of hydrogen-bond acceptors (Lipinski definition) is 6. The van der Waals surface area contributed by atoms with E-state index in [2.05, 4.69) is 11.7 Å². The maximum atomic E-state index is 12.6. The van der Waals surface area contributed by atoms with Gasteiger partial charge in [0.15, 0.2) is 0 Å². The predicted molar refractivity (Wildman–Crippen MR) is 104 cm³/mol. The number of phenolic OH excluding ortho intramolecular Hbond substituents is 2. The molecule has 0 saturated heterocycles. The summed E-state index contributed by atoms with van der Waals surface area (Å²) in [5.41, 5.74) is 0.971. The summed E-state index contributed by atoms with van der Waals surface area (Å²) in [4.78, 5) is 17.8. The second-order valence-corrected chi connectivity index (χ2v) is 6.25. The van der Waals surface area contributed by atoms with Gasteiger partial charge < -0.3 is 19.8 Å². The van der Waals surface area contributed by atoms with Gasteiger partial charge in [0.2, 0.25) is 0 Å². The summed E-state index contributed by atoms with van der Waals surface area (Å²) in [5, 5.41) is 24.1. The first-order valence-corrected chi connectivity index (χ1v) is 8.88. The number of rotatable bonds is 3. The van der Waals surface area contributed by atoms with Gasteiger partial charge in [0.25, 0.3) is 0 Å². The molecule has 0 aliphatic carbocycles. The average Bonchev–Trinajstić information content (AvgIpc) is 2.59. The lowest BCUT2D eigenvalue weighted by Gasteiger charge is -2.15. The van der Waals surface area contributed by atoms with Crippen molar-refractivity contribution in [1.82, 2.24) is 0 Å². The topological polar surface area (TPSA) is 88.4 Å². The summed E-state index contributed by atoms with van der Waals surface area (Å²) >= 11 is 0. The number of phenols is 2. The molecule has 6 heteroatoms. The monoisotopic (exact) mass is 371 g/mol. The SMILES string of the molecule is C=CCON=C1/C=C/CC/C=C/CC(C)OC(=O)c2c(O)cc(O)cc2C1. The van der Waals surface area contributed by atoms with Gasteiger partial charge in [-0.05, 0) is 37.5 Å². The van der Waals surface area contributed by atoms with Gasteiger partial charge >= 0.3 is 5.97 Å². The van der Waals surface area contributed by atoms with Crippen LogP contribution in [0.2, 0.25) is 0 Å². The third-order valence-corrected chi connectivity index (χ3v) is 3.89. The van der Waals surface area contributed by atoms with Crippen LogP contribution in [0.5, 0.6) is 11.5 Å². The van der Waals surface area contributed by atoms with E-state index in [0.29, 0.717) is 17.7 Å². The van der Waals surface area contributed by atoms with Gasteiger partial charge in [0, 0.05) is 18.9 Å². The normalized spacial score (nSPS) is 22.2. The first-order valence-electron chi connectivity index (χ1n) is 8.88. The van der Waals surface area contributed by atoms with Crippen molar-refractivity contribution in [2.45, 2.75) is 38.7 Å². The minimum Gasteiger partial charge on any atom is -0.508 e. The molecule has 6 nitrogen and oxygen atoms in total. The third-order valence-electron chi connectivity index (χ3n) is 3.89. The lowest BCUT2D eigenvalue weighted by molar-refractivity contribution is 0.0343. The molecule has 0 spiro atoms. The second kappa shape index (κ2) is 10.2. The van der Waals surface area contributed by atoms with E-state index in [-0.39, 0.29) is 36.2 Å². The maximum Gasteiger partial charge on any atom is 0.342 e. The molecule has 1 aliphatic heterocycles. The Morgan fingerprint density at radius 2 is 2.07 bits per heavy atom. The van der Waals surface area contributed by atoms with E-state index in [1.807, 2.05) is 24.3 Å². The minimum atomic E-state index is -0.643. The molecule has 1 unspecified atom stereocenters. The molecular weight excluding hydrogens is 346 g/mol. The molecule has 0 fully saturated rings. The highest BCUT2D eigenvalue weighted by Crippen LogP contribution is 2.29. The molecule has 2 N–H and O–H groups in total. The Bertz CT molecular complexity index is 764. The van der Waals surface area contributed by atoms with Crippen molar-refractivity contribution in [2.24, 2.45) is 5.16 Å². The fraction of sp³-hybridized carbons (Fsp3) is 0.333. The number of oxime groups is 1. The fourth-order valence-corrected chi connectivity index (χ4v) is 2.64. The first-order chi connectivity index (χ1) is 13.0. The number of cyclic esters (lactones) is 1. The summed E-state index contributed by atoms with van der Waals surface area (Å²) in [5.74, 6) is -1.12. The van der Waals surface area contributed by atoms with E-state index >= 15 is 0 Å². The van der Waals surface area contributed by atoms with Gasteiger partial charge in [0.1, 0.15) is 29.8 Å². The molecule has 1 aromatic carbocycles. The van der Waals surface area contributed by atoms with E-state index in [1.54, 1.807) is 13.0 Å². The van der Waals surface area contributed by atoms with Crippen molar-refractivity contribution < 1.29 is 24.6 Å². The second-order valence-electron chi connectivity index (χ2n) is 6.25. The van der Waals surface area contributed by atoms with E-state index in [4.69, 9.17) is 9.57 Å². The Hall–Kier alpha value is -3.02. The Kier molecular flexibility index (Phi) is 7.67. The summed E-state index contributed by atoms with van der Waals surface area (Å²) in [6, 6.07) is 2.54. The molecule has 0 radical (unpaired) electrons. The predicted octanol–water partition coefficient (Wildman–Crippen LogP) is 4.04. The van der Waals surface area contributed by atoms with Crippen LogP contribution in [0.25, 0.3) is 0 Å². The Morgan fingerprint density at radius 1 is 1.30 bits per heavy atom. The van der Waals surface area contributed by atoms with Crippen LogP contribution in [0.4, 0.5) is 0 Å². The maximum absolute atomic E-state index is 12.6. The van der Waals surface area contributed by atoms with Crippen molar-refractivity contribution in [2.75, 3.05) is 6.61 Å². The zero-order valence-electron chi connectivity index (χ0n) is 15.4. The van der Waals surface area contributed by atoms with Gasteiger partial charge in [0.05, 0.1) is 5.71 Å². The number of fused-ring (bicyclic) bond motifs is 1. The van der Waals surface area contributed by atoms with Gasteiger partial charge in [-0.15, -0.1) is 0 Å². The van der Waals surface area contributed by atoms with E-state index in [1.165, 1.54) is 6.07 Å².